The summed E-state index contributed by atoms with van der Waals surface area (Å²) in [5.41, 5.74) is -0.0220. The first kappa shape index (κ1) is 14.4. The van der Waals surface area contributed by atoms with Gasteiger partial charge in [0.15, 0.2) is 0 Å². The third-order valence-corrected chi connectivity index (χ3v) is 2.94. The van der Waals surface area contributed by atoms with Crippen LogP contribution in [0.5, 0.6) is 0 Å². The zero-order valence-corrected chi connectivity index (χ0v) is 10.9. The SMILES string of the molecule is C=CCNC(C)(C(=O)OC)c1ccc(C)c(F)c1. The molecule has 0 radical (unpaired) electrons. The molecule has 18 heavy (non-hydrogen) atoms. The van der Waals surface area contributed by atoms with E-state index in [1.165, 1.54) is 13.2 Å². The Bertz CT molecular complexity index is 459. The first-order chi connectivity index (χ1) is 8.45. The number of nitrogens with one attached hydrogen (secondary N) is 1. The van der Waals surface area contributed by atoms with Crippen LogP contribution >= 0.6 is 0 Å². The normalized spacial score (nSPS) is 13.8. The van der Waals surface area contributed by atoms with Crippen LogP contribution in [-0.2, 0) is 15.1 Å². The minimum absolute atomic E-state index is 0.344. The molecule has 0 aliphatic rings. The Balaban J connectivity index is 3.20. The fourth-order valence-corrected chi connectivity index (χ4v) is 1.68. The van der Waals surface area contributed by atoms with Crippen LogP contribution in [0.3, 0.4) is 0 Å². The highest BCUT2D eigenvalue weighted by atomic mass is 19.1. The van der Waals surface area contributed by atoms with Gasteiger partial charge in [-0.15, -0.1) is 6.58 Å². The lowest BCUT2D eigenvalue weighted by Gasteiger charge is -2.28. The molecule has 0 spiro atoms. The monoisotopic (exact) mass is 251 g/mol. The van der Waals surface area contributed by atoms with Crippen molar-refractivity contribution >= 4 is 5.97 Å². The summed E-state index contributed by atoms with van der Waals surface area (Å²) in [7, 11) is 1.31. The second-order valence-corrected chi connectivity index (χ2v) is 4.25. The summed E-state index contributed by atoms with van der Waals surface area (Å²) in [6.07, 6.45) is 1.63. The standard InChI is InChI=1S/C14H18FNO2/c1-5-8-16-14(3,13(17)18-4)11-7-6-10(2)12(15)9-11/h5-7,9,16H,1,8H2,2-4H3. The molecule has 0 aromatic heterocycles. The van der Waals surface area contributed by atoms with Gasteiger partial charge in [0, 0.05) is 6.54 Å². The van der Waals surface area contributed by atoms with Crippen molar-refractivity contribution < 1.29 is 13.9 Å². The average molecular weight is 251 g/mol. The summed E-state index contributed by atoms with van der Waals surface area (Å²) in [6.45, 7) is 7.33. The van der Waals surface area contributed by atoms with Crippen molar-refractivity contribution in [3.63, 3.8) is 0 Å². The molecule has 0 heterocycles. The zero-order valence-electron chi connectivity index (χ0n) is 10.9. The van der Waals surface area contributed by atoms with E-state index in [1.54, 1.807) is 32.1 Å². The van der Waals surface area contributed by atoms with E-state index in [0.717, 1.165) is 0 Å². The van der Waals surface area contributed by atoms with Crippen LogP contribution in [0.15, 0.2) is 30.9 Å². The van der Waals surface area contributed by atoms with Crippen molar-refractivity contribution in [2.24, 2.45) is 0 Å². The van der Waals surface area contributed by atoms with Gasteiger partial charge in [0.1, 0.15) is 11.4 Å². The summed E-state index contributed by atoms with van der Waals surface area (Å²) in [5, 5.41) is 3.00. The van der Waals surface area contributed by atoms with Gasteiger partial charge >= 0.3 is 5.97 Å². The number of carbonyl (C=O) groups is 1. The number of benzene rings is 1. The highest BCUT2D eigenvalue weighted by Crippen LogP contribution is 2.24. The van der Waals surface area contributed by atoms with Crippen LogP contribution in [0.1, 0.15) is 18.1 Å². The Labute approximate surface area is 107 Å². The molecule has 1 atom stereocenters. The highest BCUT2D eigenvalue weighted by Gasteiger charge is 2.35. The van der Waals surface area contributed by atoms with E-state index in [0.29, 0.717) is 17.7 Å². The van der Waals surface area contributed by atoms with Crippen LogP contribution in [0.25, 0.3) is 0 Å². The largest absolute Gasteiger partial charge is 0.467 e. The summed E-state index contributed by atoms with van der Waals surface area (Å²) in [5.74, 6) is -0.810. The van der Waals surface area contributed by atoms with Gasteiger partial charge in [0.05, 0.1) is 7.11 Å². The van der Waals surface area contributed by atoms with Gasteiger partial charge in [-0.1, -0.05) is 18.2 Å². The smallest absolute Gasteiger partial charge is 0.330 e. The predicted molar refractivity (Wildman–Crippen MR) is 68.7 cm³/mol. The molecule has 3 nitrogen and oxygen atoms in total. The molecular formula is C14H18FNO2. The lowest BCUT2D eigenvalue weighted by atomic mass is 9.91. The zero-order chi connectivity index (χ0) is 13.8. The Morgan fingerprint density at radius 3 is 2.78 bits per heavy atom. The minimum atomic E-state index is -1.09. The Morgan fingerprint density at radius 2 is 2.28 bits per heavy atom. The quantitative estimate of drug-likeness (QED) is 0.644. The molecule has 0 bridgehead atoms. The number of hydrogen-bond acceptors (Lipinski definition) is 3. The maximum absolute atomic E-state index is 13.6. The molecular weight excluding hydrogens is 233 g/mol. The lowest BCUT2D eigenvalue weighted by molar-refractivity contribution is -0.148. The van der Waals surface area contributed by atoms with Crippen LogP contribution in [-0.4, -0.2) is 19.6 Å². The molecule has 1 aromatic rings. The van der Waals surface area contributed by atoms with E-state index in [4.69, 9.17) is 4.74 Å². The van der Waals surface area contributed by atoms with Gasteiger partial charge in [-0.3, -0.25) is 5.32 Å². The van der Waals surface area contributed by atoms with Gasteiger partial charge in [-0.2, -0.15) is 0 Å². The van der Waals surface area contributed by atoms with Crippen molar-refractivity contribution in [2.45, 2.75) is 19.4 Å². The third-order valence-electron chi connectivity index (χ3n) is 2.94. The molecule has 0 saturated carbocycles. The Hall–Kier alpha value is -1.68. The lowest BCUT2D eigenvalue weighted by Crippen LogP contribution is -2.47. The van der Waals surface area contributed by atoms with Gasteiger partial charge in [-0.25, -0.2) is 9.18 Å². The molecule has 0 fully saturated rings. The summed E-state index contributed by atoms with van der Waals surface area (Å²) in [6, 6.07) is 4.70. The van der Waals surface area contributed by atoms with Crippen molar-refractivity contribution in [2.75, 3.05) is 13.7 Å². The predicted octanol–water partition coefficient (Wildman–Crippen LogP) is 2.30. The fraction of sp³-hybridized carbons (Fsp3) is 0.357. The van der Waals surface area contributed by atoms with Crippen LogP contribution in [0, 0.1) is 12.7 Å². The van der Waals surface area contributed by atoms with Gasteiger partial charge in [-0.05, 0) is 31.0 Å². The number of halogens is 1. The second kappa shape index (κ2) is 5.78. The molecule has 0 amide bonds. The fourth-order valence-electron chi connectivity index (χ4n) is 1.68. The van der Waals surface area contributed by atoms with Crippen LogP contribution in [0.2, 0.25) is 0 Å². The number of esters is 1. The van der Waals surface area contributed by atoms with E-state index in [2.05, 4.69) is 11.9 Å². The van der Waals surface area contributed by atoms with E-state index in [-0.39, 0.29) is 5.82 Å². The Kier molecular flexibility index (Phi) is 4.62. The van der Waals surface area contributed by atoms with Crippen molar-refractivity contribution in [3.8, 4) is 0 Å². The molecule has 4 heteroatoms. The number of rotatable bonds is 5. The molecule has 0 aliphatic carbocycles. The number of carbonyl (C=O) groups excluding carboxylic acids is 1. The van der Waals surface area contributed by atoms with E-state index < -0.39 is 11.5 Å². The maximum atomic E-state index is 13.6. The number of aryl methyl sites for hydroxylation is 1. The van der Waals surface area contributed by atoms with E-state index >= 15 is 0 Å². The van der Waals surface area contributed by atoms with Crippen LogP contribution < -0.4 is 5.32 Å². The van der Waals surface area contributed by atoms with Gasteiger partial charge in [0.2, 0.25) is 0 Å². The first-order valence-electron chi connectivity index (χ1n) is 5.66. The molecule has 98 valence electrons. The number of ether oxygens (including phenoxy) is 1. The minimum Gasteiger partial charge on any atom is -0.467 e. The molecule has 1 unspecified atom stereocenters. The average Bonchev–Trinajstić information content (AvgIpc) is 2.38. The molecule has 0 aliphatic heterocycles. The summed E-state index contributed by atoms with van der Waals surface area (Å²) >= 11 is 0. The van der Waals surface area contributed by atoms with Crippen molar-refractivity contribution in [1.29, 1.82) is 0 Å². The van der Waals surface area contributed by atoms with E-state index in [1.807, 2.05) is 0 Å². The topological polar surface area (TPSA) is 38.3 Å². The second-order valence-electron chi connectivity index (χ2n) is 4.25. The molecule has 1 N–H and O–H groups in total. The molecule has 0 saturated heterocycles. The van der Waals surface area contributed by atoms with Crippen molar-refractivity contribution in [1.82, 2.24) is 5.32 Å². The number of hydrogen-bond donors (Lipinski definition) is 1. The van der Waals surface area contributed by atoms with Gasteiger partial charge in [0.25, 0.3) is 0 Å². The maximum Gasteiger partial charge on any atom is 0.330 e. The highest BCUT2D eigenvalue weighted by molar-refractivity contribution is 5.82. The summed E-state index contributed by atoms with van der Waals surface area (Å²) in [4.78, 5) is 11.9. The third kappa shape index (κ3) is 2.76. The van der Waals surface area contributed by atoms with Crippen molar-refractivity contribution in [3.05, 3.63) is 47.8 Å². The first-order valence-corrected chi connectivity index (χ1v) is 5.66. The molecule has 1 rings (SSSR count). The molecule has 1 aromatic carbocycles. The van der Waals surface area contributed by atoms with Crippen LogP contribution in [0.4, 0.5) is 4.39 Å². The van der Waals surface area contributed by atoms with E-state index in [9.17, 15) is 9.18 Å². The Morgan fingerprint density at radius 1 is 1.61 bits per heavy atom. The number of methoxy groups -OCH3 is 1. The van der Waals surface area contributed by atoms with Gasteiger partial charge < -0.3 is 4.74 Å². The summed E-state index contributed by atoms with van der Waals surface area (Å²) < 4.78 is 18.4.